The molecule has 0 spiro atoms. The van der Waals surface area contributed by atoms with Crippen molar-refractivity contribution < 1.29 is 19.4 Å². The first-order valence-electron chi connectivity index (χ1n) is 4.67. The second-order valence-electron chi connectivity index (χ2n) is 3.57. The highest BCUT2D eigenvalue weighted by Crippen LogP contribution is 2.28. The Morgan fingerprint density at radius 1 is 1.57 bits per heavy atom. The zero-order valence-corrected chi connectivity index (χ0v) is 8.16. The Hall–Kier alpha value is -1.10. The van der Waals surface area contributed by atoms with Crippen LogP contribution >= 0.6 is 0 Å². The zero-order chi connectivity index (χ0) is 10.6. The SMILES string of the molecule is CC(=O)NC(COCC1CC1)C(=O)O. The summed E-state index contributed by atoms with van der Waals surface area (Å²) in [4.78, 5) is 21.3. The van der Waals surface area contributed by atoms with Crippen molar-refractivity contribution in [2.45, 2.75) is 25.8 Å². The van der Waals surface area contributed by atoms with Gasteiger partial charge in [-0.2, -0.15) is 0 Å². The number of rotatable bonds is 6. The van der Waals surface area contributed by atoms with E-state index in [9.17, 15) is 9.59 Å². The summed E-state index contributed by atoms with van der Waals surface area (Å²) in [6, 6.07) is -0.925. The topological polar surface area (TPSA) is 75.6 Å². The molecule has 1 unspecified atom stereocenters. The molecule has 1 rings (SSSR count). The molecule has 14 heavy (non-hydrogen) atoms. The number of amides is 1. The lowest BCUT2D eigenvalue weighted by Crippen LogP contribution is -2.43. The molecule has 0 aliphatic heterocycles. The third kappa shape index (κ3) is 4.23. The number of carboxylic acid groups (broad SMARTS) is 1. The molecule has 0 heterocycles. The Bertz CT molecular complexity index is 225. The van der Waals surface area contributed by atoms with Gasteiger partial charge in [-0.1, -0.05) is 0 Å². The summed E-state index contributed by atoms with van der Waals surface area (Å²) in [6.07, 6.45) is 2.33. The van der Waals surface area contributed by atoms with Crippen LogP contribution in [0.4, 0.5) is 0 Å². The first kappa shape index (κ1) is 11.0. The zero-order valence-electron chi connectivity index (χ0n) is 8.16. The Labute approximate surface area is 82.4 Å². The van der Waals surface area contributed by atoms with Gasteiger partial charge < -0.3 is 15.2 Å². The molecule has 0 radical (unpaired) electrons. The van der Waals surface area contributed by atoms with E-state index >= 15 is 0 Å². The fourth-order valence-corrected chi connectivity index (χ4v) is 1.06. The van der Waals surface area contributed by atoms with Crippen LogP contribution < -0.4 is 5.32 Å². The monoisotopic (exact) mass is 201 g/mol. The summed E-state index contributed by atoms with van der Waals surface area (Å²) >= 11 is 0. The molecule has 0 aromatic carbocycles. The second kappa shape index (κ2) is 4.95. The van der Waals surface area contributed by atoms with E-state index in [1.807, 2.05) is 0 Å². The molecule has 1 saturated carbocycles. The predicted molar refractivity (Wildman–Crippen MR) is 48.8 cm³/mol. The van der Waals surface area contributed by atoms with Crippen molar-refractivity contribution >= 4 is 11.9 Å². The van der Waals surface area contributed by atoms with Crippen LogP contribution in [0.15, 0.2) is 0 Å². The molecule has 1 fully saturated rings. The Kier molecular flexibility index (Phi) is 3.88. The lowest BCUT2D eigenvalue weighted by molar-refractivity contribution is -0.143. The lowest BCUT2D eigenvalue weighted by Gasteiger charge is -2.13. The van der Waals surface area contributed by atoms with Gasteiger partial charge in [0.25, 0.3) is 0 Å². The van der Waals surface area contributed by atoms with E-state index in [1.165, 1.54) is 6.92 Å². The molecule has 5 heteroatoms. The Balaban J connectivity index is 2.19. The number of nitrogens with one attached hydrogen (secondary N) is 1. The van der Waals surface area contributed by atoms with Gasteiger partial charge in [0.1, 0.15) is 0 Å². The maximum Gasteiger partial charge on any atom is 0.328 e. The molecular weight excluding hydrogens is 186 g/mol. The summed E-state index contributed by atoms with van der Waals surface area (Å²) in [5.74, 6) is -0.815. The van der Waals surface area contributed by atoms with Crippen LogP contribution in [0.5, 0.6) is 0 Å². The molecule has 1 amide bonds. The molecular formula is C9H15NO4. The highest BCUT2D eigenvalue weighted by molar-refractivity contribution is 5.82. The third-order valence-electron chi connectivity index (χ3n) is 2.01. The fourth-order valence-electron chi connectivity index (χ4n) is 1.06. The number of ether oxygens (including phenoxy) is 1. The average Bonchev–Trinajstić information content (AvgIpc) is 2.85. The van der Waals surface area contributed by atoms with Gasteiger partial charge in [-0.3, -0.25) is 4.79 Å². The summed E-state index contributed by atoms with van der Waals surface area (Å²) in [5, 5.41) is 11.0. The summed E-state index contributed by atoms with van der Waals surface area (Å²) < 4.78 is 5.19. The molecule has 0 saturated heterocycles. The number of hydrogen-bond donors (Lipinski definition) is 2. The van der Waals surface area contributed by atoms with Gasteiger partial charge in [-0.25, -0.2) is 4.79 Å². The van der Waals surface area contributed by atoms with E-state index in [0.717, 1.165) is 12.8 Å². The van der Waals surface area contributed by atoms with Crippen LogP contribution in [-0.2, 0) is 14.3 Å². The number of carbonyl (C=O) groups is 2. The summed E-state index contributed by atoms with van der Waals surface area (Å²) in [7, 11) is 0. The quantitative estimate of drug-likeness (QED) is 0.634. The van der Waals surface area contributed by atoms with Crippen molar-refractivity contribution in [3.05, 3.63) is 0 Å². The maximum atomic E-state index is 10.6. The van der Waals surface area contributed by atoms with E-state index in [0.29, 0.717) is 12.5 Å². The molecule has 1 aliphatic rings. The highest BCUT2D eigenvalue weighted by Gasteiger charge is 2.23. The lowest BCUT2D eigenvalue weighted by atomic mass is 10.3. The summed E-state index contributed by atoms with van der Waals surface area (Å²) in [6.45, 7) is 1.94. The average molecular weight is 201 g/mol. The number of carboxylic acids is 1. The normalized spacial score (nSPS) is 17.5. The van der Waals surface area contributed by atoms with Gasteiger partial charge in [0.05, 0.1) is 6.61 Å². The molecule has 1 aliphatic carbocycles. The largest absolute Gasteiger partial charge is 0.480 e. The van der Waals surface area contributed by atoms with E-state index < -0.39 is 12.0 Å². The number of carbonyl (C=O) groups excluding carboxylic acids is 1. The van der Waals surface area contributed by atoms with Crippen molar-refractivity contribution in [1.29, 1.82) is 0 Å². The van der Waals surface area contributed by atoms with Crippen molar-refractivity contribution in [1.82, 2.24) is 5.32 Å². The Morgan fingerprint density at radius 2 is 2.21 bits per heavy atom. The van der Waals surface area contributed by atoms with Gasteiger partial charge in [0, 0.05) is 13.5 Å². The van der Waals surface area contributed by atoms with Crippen LogP contribution in [0, 0.1) is 5.92 Å². The van der Waals surface area contributed by atoms with E-state index in [2.05, 4.69) is 5.32 Å². The minimum absolute atomic E-state index is 0.0470. The molecule has 0 aromatic heterocycles. The van der Waals surface area contributed by atoms with Crippen LogP contribution in [0.1, 0.15) is 19.8 Å². The van der Waals surface area contributed by atoms with E-state index in [-0.39, 0.29) is 12.5 Å². The molecule has 0 aromatic rings. The minimum atomic E-state index is -1.06. The molecule has 5 nitrogen and oxygen atoms in total. The predicted octanol–water partition coefficient (Wildman–Crippen LogP) is 0.00230. The van der Waals surface area contributed by atoms with Gasteiger partial charge in [-0.05, 0) is 18.8 Å². The highest BCUT2D eigenvalue weighted by atomic mass is 16.5. The van der Waals surface area contributed by atoms with Crippen LogP contribution in [0.2, 0.25) is 0 Å². The summed E-state index contributed by atoms with van der Waals surface area (Å²) in [5.41, 5.74) is 0. The molecule has 1 atom stereocenters. The van der Waals surface area contributed by atoms with Gasteiger partial charge >= 0.3 is 5.97 Å². The number of hydrogen-bond acceptors (Lipinski definition) is 3. The standard InChI is InChI=1S/C9H15NO4/c1-6(11)10-8(9(12)13)5-14-4-7-2-3-7/h7-8H,2-5H2,1H3,(H,10,11)(H,12,13). The second-order valence-corrected chi connectivity index (χ2v) is 3.57. The van der Waals surface area contributed by atoms with Crippen LogP contribution in [0.25, 0.3) is 0 Å². The number of aliphatic carboxylic acids is 1. The van der Waals surface area contributed by atoms with Crippen molar-refractivity contribution in [3.8, 4) is 0 Å². The Morgan fingerprint density at radius 3 is 2.64 bits per heavy atom. The molecule has 0 bridgehead atoms. The fraction of sp³-hybridized carbons (Fsp3) is 0.778. The van der Waals surface area contributed by atoms with Crippen LogP contribution in [0.3, 0.4) is 0 Å². The van der Waals surface area contributed by atoms with Crippen molar-refractivity contribution in [3.63, 3.8) is 0 Å². The van der Waals surface area contributed by atoms with Gasteiger partial charge in [-0.15, -0.1) is 0 Å². The van der Waals surface area contributed by atoms with Crippen LogP contribution in [-0.4, -0.2) is 36.2 Å². The first-order chi connectivity index (χ1) is 6.59. The minimum Gasteiger partial charge on any atom is -0.480 e. The van der Waals surface area contributed by atoms with E-state index in [4.69, 9.17) is 9.84 Å². The maximum absolute atomic E-state index is 10.6. The molecule has 2 N–H and O–H groups in total. The van der Waals surface area contributed by atoms with Gasteiger partial charge in [0.2, 0.25) is 5.91 Å². The first-order valence-corrected chi connectivity index (χ1v) is 4.67. The van der Waals surface area contributed by atoms with E-state index in [1.54, 1.807) is 0 Å². The smallest absolute Gasteiger partial charge is 0.328 e. The van der Waals surface area contributed by atoms with Crippen molar-refractivity contribution in [2.75, 3.05) is 13.2 Å². The molecule has 80 valence electrons. The third-order valence-corrected chi connectivity index (χ3v) is 2.01. The van der Waals surface area contributed by atoms with Crippen molar-refractivity contribution in [2.24, 2.45) is 5.92 Å². The van der Waals surface area contributed by atoms with Gasteiger partial charge in [0.15, 0.2) is 6.04 Å².